The van der Waals surface area contributed by atoms with Crippen molar-refractivity contribution >= 4 is 11.9 Å². The zero-order valence-corrected chi connectivity index (χ0v) is 16.8. The second kappa shape index (κ2) is 15.0. The summed E-state index contributed by atoms with van der Waals surface area (Å²) < 4.78 is 10.9. The summed E-state index contributed by atoms with van der Waals surface area (Å²) in [6.07, 6.45) is 9.73. The Hall–Kier alpha value is -1.32. The van der Waals surface area contributed by atoms with Crippen molar-refractivity contribution in [2.75, 3.05) is 0 Å². The van der Waals surface area contributed by atoms with Crippen LogP contribution in [0.15, 0.2) is 12.2 Å². The lowest BCUT2D eigenvalue weighted by atomic mass is 10.1. The van der Waals surface area contributed by atoms with Gasteiger partial charge >= 0.3 is 11.9 Å². The standard InChI is InChI=1S/C21H38O4/c1-6-10-12-14-18(8-3)24-20(22)16-17(5)21(23)25-19(9-4)15-13-11-7-2/h18-19H,5-16H2,1-4H3. The first kappa shape index (κ1) is 23.7. The van der Waals surface area contributed by atoms with E-state index in [2.05, 4.69) is 20.4 Å². The van der Waals surface area contributed by atoms with Gasteiger partial charge in [-0.15, -0.1) is 0 Å². The lowest BCUT2D eigenvalue weighted by Crippen LogP contribution is -2.22. The molecule has 0 heterocycles. The molecule has 0 aliphatic heterocycles. The maximum Gasteiger partial charge on any atom is 0.334 e. The van der Waals surface area contributed by atoms with Crippen LogP contribution in [-0.2, 0) is 19.1 Å². The van der Waals surface area contributed by atoms with Crippen LogP contribution in [-0.4, -0.2) is 24.1 Å². The first-order valence-electron chi connectivity index (χ1n) is 10.1. The van der Waals surface area contributed by atoms with E-state index < -0.39 is 5.97 Å². The number of esters is 2. The molecule has 0 N–H and O–H groups in total. The van der Waals surface area contributed by atoms with Gasteiger partial charge in [0.15, 0.2) is 0 Å². The average Bonchev–Trinajstić information content (AvgIpc) is 2.59. The predicted molar refractivity (Wildman–Crippen MR) is 102 cm³/mol. The number of unbranched alkanes of at least 4 members (excludes halogenated alkanes) is 4. The molecule has 0 fully saturated rings. The first-order chi connectivity index (χ1) is 12.0. The van der Waals surface area contributed by atoms with Crippen molar-refractivity contribution in [1.29, 1.82) is 0 Å². The summed E-state index contributed by atoms with van der Waals surface area (Å²) in [5.41, 5.74) is 0.183. The van der Waals surface area contributed by atoms with E-state index in [0.717, 1.165) is 64.2 Å². The van der Waals surface area contributed by atoms with E-state index in [1.54, 1.807) is 0 Å². The second-order valence-electron chi connectivity index (χ2n) is 6.73. The molecule has 2 atom stereocenters. The number of rotatable bonds is 15. The topological polar surface area (TPSA) is 52.6 Å². The number of hydrogen-bond donors (Lipinski definition) is 0. The van der Waals surface area contributed by atoms with Crippen LogP contribution in [0, 0.1) is 0 Å². The molecule has 4 heteroatoms. The Morgan fingerprint density at radius 2 is 1.28 bits per heavy atom. The van der Waals surface area contributed by atoms with Crippen LogP contribution in [0.5, 0.6) is 0 Å². The highest BCUT2D eigenvalue weighted by atomic mass is 16.6. The van der Waals surface area contributed by atoms with Gasteiger partial charge in [0.2, 0.25) is 0 Å². The van der Waals surface area contributed by atoms with Crippen molar-refractivity contribution in [2.24, 2.45) is 0 Å². The van der Waals surface area contributed by atoms with Gasteiger partial charge in [0.25, 0.3) is 0 Å². The van der Waals surface area contributed by atoms with E-state index in [-0.39, 0.29) is 30.2 Å². The Morgan fingerprint density at radius 1 is 0.800 bits per heavy atom. The fourth-order valence-corrected chi connectivity index (χ4v) is 2.65. The molecule has 0 spiro atoms. The molecular formula is C21H38O4. The van der Waals surface area contributed by atoms with Crippen molar-refractivity contribution in [2.45, 2.75) is 111 Å². The lowest BCUT2D eigenvalue weighted by Gasteiger charge is -2.18. The molecule has 0 saturated heterocycles. The monoisotopic (exact) mass is 354 g/mol. The minimum absolute atomic E-state index is 0.0692. The molecule has 0 aromatic carbocycles. The van der Waals surface area contributed by atoms with Crippen LogP contribution in [0.3, 0.4) is 0 Å². The van der Waals surface area contributed by atoms with E-state index >= 15 is 0 Å². The average molecular weight is 355 g/mol. The molecule has 0 rings (SSSR count). The maximum absolute atomic E-state index is 12.1. The summed E-state index contributed by atoms with van der Waals surface area (Å²) in [5, 5.41) is 0. The van der Waals surface area contributed by atoms with Crippen molar-refractivity contribution < 1.29 is 19.1 Å². The molecule has 0 saturated carbocycles. The number of ether oxygens (including phenoxy) is 2. The molecule has 0 aliphatic rings. The molecule has 2 unspecified atom stereocenters. The Kier molecular flexibility index (Phi) is 14.2. The SMILES string of the molecule is C=C(CC(=O)OC(CC)CCCCC)C(=O)OC(CC)CCCCC. The van der Waals surface area contributed by atoms with Gasteiger partial charge in [-0.3, -0.25) is 4.79 Å². The largest absolute Gasteiger partial charge is 0.462 e. The van der Waals surface area contributed by atoms with E-state index in [1.165, 1.54) is 0 Å². The third kappa shape index (κ3) is 11.8. The first-order valence-corrected chi connectivity index (χ1v) is 10.1. The van der Waals surface area contributed by atoms with Crippen LogP contribution >= 0.6 is 0 Å². The lowest BCUT2D eigenvalue weighted by molar-refractivity contribution is -0.152. The van der Waals surface area contributed by atoms with Gasteiger partial charge in [0.05, 0.1) is 6.42 Å². The summed E-state index contributed by atoms with van der Waals surface area (Å²) in [6.45, 7) is 12.0. The second-order valence-corrected chi connectivity index (χ2v) is 6.73. The Morgan fingerprint density at radius 3 is 1.72 bits per heavy atom. The molecule has 25 heavy (non-hydrogen) atoms. The van der Waals surface area contributed by atoms with E-state index in [9.17, 15) is 9.59 Å². The summed E-state index contributed by atoms with van der Waals surface area (Å²) in [6, 6.07) is 0. The molecule has 0 radical (unpaired) electrons. The van der Waals surface area contributed by atoms with Crippen molar-refractivity contribution in [3.63, 3.8) is 0 Å². The van der Waals surface area contributed by atoms with Gasteiger partial charge in [-0.1, -0.05) is 60.0 Å². The van der Waals surface area contributed by atoms with E-state index in [4.69, 9.17) is 9.47 Å². The summed E-state index contributed by atoms with van der Waals surface area (Å²) >= 11 is 0. The minimum atomic E-state index is -0.473. The molecular weight excluding hydrogens is 316 g/mol. The van der Waals surface area contributed by atoms with Crippen LogP contribution < -0.4 is 0 Å². The Labute approximate surface area is 154 Å². The van der Waals surface area contributed by atoms with Gasteiger partial charge in [0.1, 0.15) is 12.2 Å². The fraction of sp³-hybridized carbons (Fsp3) is 0.810. The quantitative estimate of drug-likeness (QED) is 0.214. The predicted octanol–water partition coefficient (Wildman–Crippen LogP) is 5.74. The van der Waals surface area contributed by atoms with Gasteiger partial charge in [-0.25, -0.2) is 4.79 Å². The van der Waals surface area contributed by atoms with E-state index in [1.807, 2.05) is 13.8 Å². The maximum atomic E-state index is 12.1. The molecule has 0 aromatic rings. The van der Waals surface area contributed by atoms with Crippen molar-refractivity contribution in [3.05, 3.63) is 12.2 Å². The van der Waals surface area contributed by atoms with Crippen LogP contribution in [0.1, 0.15) is 98.3 Å². The number of carbonyl (C=O) groups excluding carboxylic acids is 2. The molecule has 0 bridgehead atoms. The number of hydrogen-bond acceptors (Lipinski definition) is 4. The van der Waals surface area contributed by atoms with Crippen molar-refractivity contribution in [3.8, 4) is 0 Å². The minimum Gasteiger partial charge on any atom is -0.462 e. The van der Waals surface area contributed by atoms with Gasteiger partial charge < -0.3 is 9.47 Å². The molecule has 4 nitrogen and oxygen atoms in total. The zero-order chi connectivity index (χ0) is 19.1. The Balaban J connectivity index is 4.26. The third-order valence-corrected chi connectivity index (χ3v) is 4.39. The molecule has 0 aromatic heterocycles. The fourth-order valence-electron chi connectivity index (χ4n) is 2.65. The van der Waals surface area contributed by atoms with E-state index in [0.29, 0.717) is 0 Å². The molecule has 0 aliphatic carbocycles. The molecule has 0 amide bonds. The van der Waals surface area contributed by atoms with Crippen LogP contribution in [0.4, 0.5) is 0 Å². The highest BCUT2D eigenvalue weighted by molar-refractivity contribution is 5.93. The number of carbonyl (C=O) groups is 2. The van der Waals surface area contributed by atoms with Gasteiger partial charge in [0, 0.05) is 5.57 Å². The smallest absolute Gasteiger partial charge is 0.334 e. The molecule has 146 valence electrons. The summed E-state index contributed by atoms with van der Waals surface area (Å²) in [5.74, 6) is -0.858. The third-order valence-electron chi connectivity index (χ3n) is 4.39. The Bertz CT molecular complexity index is 389. The highest BCUT2D eigenvalue weighted by Crippen LogP contribution is 2.15. The zero-order valence-electron chi connectivity index (χ0n) is 16.8. The highest BCUT2D eigenvalue weighted by Gasteiger charge is 2.20. The van der Waals surface area contributed by atoms with Crippen LogP contribution in [0.2, 0.25) is 0 Å². The normalized spacial score (nSPS) is 13.1. The van der Waals surface area contributed by atoms with Gasteiger partial charge in [-0.2, -0.15) is 0 Å². The van der Waals surface area contributed by atoms with Crippen LogP contribution in [0.25, 0.3) is 0 Å². The van der Waals surface area contributed by atoms with Crippen molar-refractivity contribution in [1.82, 2.24) is 0 Å². The van der Waals surface area contributed by atoms with Gasteiger partial charge in [-0.05, 0) is 38.5 Å². The summed E-state index contributed by atoms with van der Waals surface area (Å²) in [7, 11) is 0. The summed E-state index contributed by atoms with van der Waals surface area (Å²) in [4.78, 5) is 24.2.